The molecule has 0 spiro atoms. The smallest absolute Gasteiger partial charge is 0.234 e. The van der Waals surface area contributed by atoms with E-state index in [1.807, 2.05) is 6.20 Å². The zero-order chi connectivity index (χ0) is 44.4. The normalized spacial score (nSPS) is 12.7. The van der Waals surface area contributed by atoms with Gasteiger partial charge in [-0.3, -0.25) is 4.79 Å². The number of ether oxygens (including phenoxy) is 2. The molecule has 0 saturated carbocycles. The summed E-state index contributed by atoms with van der Waals surface area (Å²) in [5.41, 5.74) is 1.96. The summed E-state index contributed by atoms with van der Waals surface area (Å²) >= 11 is 0. The average molecular weight is 870 g/mol. The molecule has 62 heavy (non-hydrogen) atoms. The molecule has 1 amide bonds. The summed E-state index contributed by atoms with van der Waals surface area (Å²) in [6, 6.07) is 4.89. The van der Waals surface area contributed by atoms with E-state index in [0.29, 0.717) is 19.8 Å². The van der Waals surface area contributed by atoms with Crippen molar-refractivity contribution in [2.24, 2.45) is 0 Å². The number of unbranched alkanes of at least 4 members (excludes halogenated alkanes) is 32. The van der Waals surface area contributed by atoms with Gasteiger partial charge in [0, 0.05) is 42.9 Å². The Morgan fingerprint density at radius 2 is 1.02 bits per heavy atom. The Morgan fingerprint density at radius 3 is 1.50 bits per heavy atom. The first-order chi connectivity index (χ1) is 30.6. The van der Waals surface area contributed by atoms with Crippen LogP contribution in [-0.2, 0) is 14.3 Å². The first-order valence-electron chi connectivity index (χ1n) is 27.0. The molecule has 0 bridgehead atoms. The number of carbonyl (C=O) groups excluding carboxylic acids is 1. The van der Waals surface area contributed by atoms with Gasteiger partial charge in [0.05, 0.1) is 19.3 Å². The number of hydrogen-bond donors (Lipinski definition) is 3. The highest BCUT2D eigenvalue weighted by atomic mass is 19.1. The number of aromatic nitrogens is 1. The number of aromatic amines is 1. The summed E-state index contributed by atoms with van der Waals surface area (Å²) in [5.74, 6) is -0.278. The quantitative estimate of drug-likeness (QED) is 0.0579. The fourth-order valence-electron chi connectivity index (χ4n) is 8.91. The van der Waals surface area contributed by atoms with Gasteiger partial charge in [-0.15, -0.1) is 0 Å². The fraction of sp³-hybridized carbons (Fsp3) is 0.836. The van der Waals surface area contributed by atoms with Crippen LogP contribution in [0.3, 0.4) is 0 Å². The number of nitrogens with one attached hydrogen (secondary N) is 3. The van der Waals surface area contributed by atoms with Crippen molar-refractivity contribution in [3.8, 4) is 0 Å². The molecule has 0 radical (unpaired) electrons. The zero-order valence-electron chi connectivity index (χ0n) is 41.1. The number of amides is 1. The van der Waals surface area contributed by atoms with Gasteiger partial charge in [0.1, 0.15) is 5.82 Å². The molecule has 0 aliphatic heterocycles. The van der Waals surface area contributed by atoms with E-state index in [1.54, 1.807) is 12.1 Å². The molecule has 2 unspecified atom stereocenters. The van der Waals surface area contributed by atoms with Gasteiger partial charge in [-0.2, -0.15) is 0 Å². The molecular weight excluding hydrogens is 770 g/mol. The van der Waals surface area contributed by atoms with E-state index in [4.69, 9.17) is 9.47 Å². The Bertz CT molecular complexity index is 1270. The summed E-state index contributed by atoms with van der Waals surface area (Å²) in [4.78, 5) is 16.7. The van der Waals surface area contributed by atoms with Crippen molar-refractivity contribution in [1.29, 1.82) is 0 Å². The van der Waals surface area contributed by atoms with Crippen molar-refractivity contribution in [1.82, 2.24) is 15.6 Å². The molecular formula is C55H100FN3O3. The standard InChI is InChI=1S/C55H100FN3O3/c1-4-7-10-13-16-19-22-25-28-31-34-37-42-61-48-50(62-43-38-35-32-29-26-23-20-17-14-11-8-5-2)45-59-55(60)47-58-53(52-46-57-54-41-40-49(56)44-51(52)54)39-36-33-30-27-24-21-18-15-12-9-6-3/h40-41,44,46,50,53,57-58H,4-39,42-43,45,47-48H2,1-3H3,(H,59,60). The number of carbonyl (C=O) groups is 1. The summed E-state index contributed by atoms with van der Waals surface area (Å²) in [6.07, 6.45) is 48.8. The van der Waals surface area contributed by atoms with Crippen molar-refractivity contribution in [2.45, 2.75) is 264 Å². The Labute approximate surface area is 382 Å². The number of benzene rings is 1. The highest BCUT2D eigenvalue weighted by Crippen LogP contribution is 2.29. The second kappa shape index (κ2) is 41.7. The Morgan fingerprint density at radius 1 is 0.581 bits per heavy atom. The van der Waals surface area contributed by atoms with E-state index in [9.17, 15) is 9.18 Å². The van der Waals surface area contributed by atoms with Crippen LogP contribution in [0, 0.1) is 5.82 Å². The Kier molecular flexibility index (Phi) is 37.8. The number of halogens is 1. The van der Waals surface area contributed by atoms with Gasteiger partial charge >= 0.3 is 0 Å². The molecule has 0 saturated heterocycles. The maximum absolute atomic E-state index is 14.4. The Balaban J connectivity index is 1.78. The third kappa shape index (κ3) is 31.0. The van der Waals surface area contributed by atoms with Crippen molar-refractivity contribution < 1.29 is 18.7 Å². The fourth-order valence-corrected chi connectivity index (χ4v) is 8.91. The third-order valence-corrected chi connectivity index (χ3v) is 13.0. The van der Waals surface area contributed by atoms with Crippen molar-refractivity contribution in [3.63, 3.8) is 0 Å². The van der Waals surface area contributed by atoms with Gasteiger partial charge in [-0.05, 0) is 43.0 Å². The second-order valence-electron chi connectivity index (χ2n) is 18.8. The lowest BCUT2D eigenvalue weighted by Crippen LogP contribution is -2.41. The first kappa shape index (κ1) is 56.2. The SMILES string of the molecule is CCCCCCCCCCCCCCOCC(CNC(=O)CNC(CCCCCCCCCCCCC)c1c[nH]c2ccc(F)cc12)OCCCCCCCCCCCCCC. The van der Waals surface area contributed by atoms with E-state index >= 15 is 0 Å². The molecule has 360 valence electrons. The van der Waals surface area contributed by atoms with Crippen LogP contribution in [0.4, 0.5) is 4.39 Å². The van der Waals surface area contributed by atoms with E-state index in [2.05, 4.69) is 36.4 Å². The summed E-state index contributed by atoms with van der Waals surface area (Å²) < 4.78 is 26.9. The largest absolute Gasteiger partial charge is 0.379 e. The van der Waals surface area contributed by atoms with Crippen LogP contribution in [0.5, 0.6) is 0 Å². The maximum atomic E-state index is 14.4. The molecule has 2 aromatic rings. The van der Waals surface area contributed by atoms with Crippen molar-refractivity contribution in [2.75, 3.05) is 32.9 Å². The van der Waals surface area contributed by atoms with Crippen LogP contribution in [0.15, 0.2) is 24.4 Å². The van der Waals surface area contributed by atoms with E-state index in [1.165, 1.54) is 212 Å². The number of H-pyrrole nitrogens is 1. The molecule has 7 heteroatoms. The monoisotopic (exact) mass is 870 g/mol. The van der Waals surface area contributed by atoms with Gasteiger partial charge in [0.2, 0.25) is 5.91 Å². The van der Waals surface area contributed by atoms with Crippen LogP contribution in [-0.4, -0.2) is 49.9 Å². The molecule has 1 aromatic carbocycles. The summed E-state index contributed by atoms with van der Waals surface area (Å²) in [6.45, 7) is 9.45. The van der Waals surface area contributed by atoms with E-state index in [0.717, 1.165) is 48.8 Å². The second-order valence-corrected chi connectivity index (χ2v) is 18.8. The predicted octanol–water partition coefficient (Wildman–Crippen LogP) is 16.6. The molecule has 1 heterocycles. The maximum Gasteiger partial charge on any atom is 0.234 e. The minimum atomic E-state index is -0.236. The Hall–Kier alpha value is -1.96. The van der Waals surface area contributed by atoms with Crippen molar-refractivity contribution in [3.05, 3.63) is 35.8 Å². The van der Waals surface area contributed by atoms with Crippen LogP contribution in [0.1, 0.15) is 264 Å². The van der Waals surface area contributed by atoms with Gasteiger partial charge in [0.15, 0.2) is 0 Å². The average Bonchev–Trinajstić information content (AvgIpc) is 3.69. The van der Waals surface area contributed by atoms with Gasteiger partial charge < -0.3 is 25.1 Å². The minimum absolute atomic E-state index is 0.0356. The van der Waals surface area contributed by atoms with Gasteiger partial charge in [0.25, 0.3) is 0 Å². The molecule has 0 aliphatic carbocycles. The summed E-state index contributed by atoms with van der Waals surface area (Å²) in [5, 5.41) is 7.61. The van der Waals surface area contributed by atoms with Crippen LogP contribution in [0.25, 0.3) is 10.9 Å². The highest BCUT2D eigenvalue weighted by Gasteiger charge is 2.18. The van der Waals surface area contributed by atoms with Crippen molar-refractivity contribution >= 4 is 16.8 Å². The molecule has 3 N–H and O–H groups in total. The molecule has 6 nitrogen and oxygen atoms in total. The lowest BCUT2D eigenvalue weighted by atomic mass is 9.98. The lowest BCUT2D eigenvalue weighted by Gasteiger charge is -2.21. The van der Waals surface area contributed by atoms with Crippen LogP contribution >= 0.6 is 0 Å². The van der Waals surface area contributed by atoms with Crippen LogP contribution < -0.4 is 10.6 Å². The predicted molar refractivity (Wildman–Crippen MR) is 266 cm³/mol. The number of fused-ring (bicyclic) bond motifs is 1. The molecule has 2 atom stereocenters. The molecule has 0 aliphatic rings. The highest BCUT2D eigenvalue weighted by molar-refractivity contribution is 5.84. The third-order valence-electron chi connectivity index (χ3n) is 13.0. The summed E-state index contributed by atoms with van der Waals surface area (Å²) in [7, 11) is 0. The van der Waals surface area contributed by atoms with Crippen LogP contribution in [0.2, 0.25) is 0 Å². The zero-order valence-corrected chi connectivity index (χ0v) is 41.1. The van der Waals surface area contributed by atoms with E-state index in [-0.39, 0.29) is 30.4 Å². The molecule has 1 aromatic heterocycles. The minimum Gasteiger partial charge on any atom is -0.379 e. The number of hydrogen-bond acceptors (Lipinski definition) is 4. The van der Waals surface area contributed by atoms with Gasteiger partial charge in [-0.25, -0.2) is 4.39 Å². The van der Waals surface area contributed by atoms with E-state index < -0.39 is 0 Å². The lowest BCUT2D eigenvalue weighted by molar-refractivity contribution is -0.121. The number of rotatable bonds is 47. The topological polar surface area (TPSA) is 75.4 Å². The molecule has 2 rings (SSSR count). The van der Waals surface area contributed by atoms with Gasteiger partial charge in [-0.1, -0.05) is 233 Å². The first-order valence-corrected chi connectivity index (χ1v) is 27.0. The molecule has 0 fully saturated rings.